The number of carboxylic acids is 1. The molecule has 0 radical (unpaired) electrons. The highest BCUT2D eigenvalue weighted by molar-refractivity contribution is 6.45. The normalized spacial score (nSPS) is 14.6. The maximum atomic E-state index is 14.1. The number of carboxylic acid groups (broad SMARTS) is 1. The van der Waals surface area contributed by atoms with Crippen LogP contribution in [0.2, 0.25) is 0 Å². The van der Waals surface area contributed by atoms with E-state index in [1.807, 2.05) is 30.3 Å². The van der Waals surface area contributed by atoms with Gasteiger partial charge >= 0.3 is 11.9 Å². The summed E-state index contributed by atoms with van der Waals surface area (Å²) in [5.74, 6) is -6.83. The van der Waals surface area contributed by atoms with E-state index < -0.39 is 41.4 Å². The van der Waals surface area contributed by atoms with Crippen LogP contribution in [0.5, 0.6) is 0 Å². The minimum Gasteiger partial charge on any atom is -0.478 e. The lowest BCUT2D eigenvalue weighted by molar-refractivity contribution is -0.138. The Labute approximate surface area is 222 Å². The Morgan fingerprint density at radius 2 is 1.31 bits per heavy atom. The van der Waals surface area contributed by atoms with E-state index in [9.17, 15) is 29.1 Å². The summed E-state index contributed by atoms with van der Waals surface area (Å²) >= 11 is 0. The third kappa shape index (κ3) is 4.83. The quantitative estimate of drug-likeness (QED) is 0.146. The summed E-state index contributed by atoms with van der Waals surface area (Å²) in [6.07, 6.45) is -1.35. The standard InChI is InChI=1S/C31H21NO7/c33-26(20-13-5-4-12-19(20)18-10-2-1-3-11-18)25(28-21-14-6-7-15-22(21)31(38)39-28)27(34)29(35)32-24-17-9-8-16-23(24)30(36)37/h1-17,25,28H,(H,32,35)(H,36,37)/t25-,28-/m1/s1. The predicted molar refractivity (Wildman–Crippen MR) is 141 cm³/mol. The minimum atomic E-state index is -1.72. The van der Waals surface area contributed by atoms with Crippen LogP contribution in [-0.4, -0.2) is 34.5 Å². The Bertz CT molecular complexity index is 1630. The second-order valence-electron chi connectivity index (χ2n) is 8.84. The smallest absolute Gasteiger partial charge is 0.339 e. The first-order valence-electron chi connectivity index (χ1n) is 12.0. The molecule has 1 aliphatic rings. The maximum absolute atomic E-state index is 14.1. The van der Waals surface area contributed by atoms with E-state index in [1.54, 1.807) is 42.5 Å². The third-order valence-corrected chi connectivity index (χ3v) is 6.50. The monoisotopic (exact) mass is 519 g/mol. The van der Waals surface area contributed by atoms with Gasteiger partial charge in [-0.15, -0.1) is 0 Å². The van der Waals surface area contributed by atoms with Crippen molar-refractivity contribution in [2.45, 2.75) is 6.10 Å². The van der Waals surface area contributed by atoms with Gasteiger partial charge in [0.05, 0.1) is 16.8 Å². The van der Waals surface area contributed by atoms with Crippen molar-refractivity contribution >= 4 is 35.1 Å². The van der Waals surface area contributed by atoms with Crippen LogP contribution in [0.25, 0.3) is 11.1 Å². The number of hydrogen-bond acceptors (Lipinski definition) is 6. The number of hydrogen-bond donors (Lipinski definition) is 2. The van der Waals surface area contributed by atoms with Crippen LogP contribution < -0.4 is 5.32 Å². The molecule has 0 bridgehead atoms. The van der Waals surface area contributed by atoms with Crippen molar-refractivity contribution in [3.63, 3.8) is 0 Å². The van der Waals surface area contributed by atoms with Crippen LogP contribution in [0.4, 0.5) is 5.69 Å². The number of Topliss-reactive ketones (excluding diaryl/α,β-unsaturated/α-hetero) is 2. The minimum absolute atomic E-state index is 0.108. The van der Waals surface area contributed by atoms with Gasteiger partial charge in [0.25, 0.3) is 5.91 Å². The van der Waals surface area contributed by atoms with Crippen LogP contribution in [0.15, 0.2) is 103 Å². The van der Waals surface area contributed by atoms with Gasteiger partial charge in [0.1, 0.15) is 12.0 Å². The highest BCUT2D eigenvalue weighted by Gasteiger charge is 2.46. The zero-order chi connectivity index (χ0) is 27.5. The van der Waals surface area contributed by atoms with Crippen molar-refractivity contribution in [3.05, 3.63) is 125 Å². The Morgan fingerprint density at radius 3 is 2.03 bits per heavy atom. The van der Waals surface area contributed by atoms with Gasteiger partial charge in [-0.3, -0.25) is 14.4 Å². The zero-order valence-electron chi connectivity index (χ0n) is 20.4. The molecule has 4 aromatic carbocycles. The molecule has 1 heterocycles. The molecule has 0 fully saturated rings. The molecule has 1 aliphatic heterocycles. The number of amides is 1. The number of ether oxygens (including phenoxy) is 1. The van der Waals surface area contributed by atoms with Gasteiger partial charge in [-0.1, -0.05) is 84.9 Å². The fourth-order valence-corrected chi connectivity index (χ4v) is 4.65. The van der Waals surface area contributed by atoms with Crippen LogP contribution in [0.3, 0.4) is 0 Å². The molecule has 2 atom stereocenters. The van der Waals surface area contributed by atoms with Gasteiger partial charge in [-0.05, 0) is 29.3 Å². The van der Waals surface area contributed by atoms with E-state index in [-0.39, 0.29) is 22.4 Å². The average molecular weight is 520 g/mol. The fourth-order valence-electron chi connectivity index (χ4n) is 4.65. The van der Waals surface area contributed by atoms with E-state index in [0.29, 0.717) is 11.1 Å². The predicted octanol–water partition coefficient (Wildman–Crippen LogP) is 4.97. The summed E-state index contributed by atoms with van der Waals surface area (Å²) in [5, 5.41) is 11.8. The number of cyclic esters (lactones) is 1. The molecule has 5 rings (SSSR count). The van der Waals surface area contributed by atoms with E-state index in [4.69, 9.17) is 4.74 Å². The summed E-state index contributed by atoms with van der Waals surface area (Å²) in [5.41, 5.74) is 1.59. The van der Waals surface area contributed by atoms with Crippen molar-refractivity contribution in [1.82, 2.24) is 0 Å². The largest absolute Gasteiger partial charge is 0.478 e. The second kappa shape index (κ2) is 10.5. The Balaban J connectivity index is 1.58. The van der Waals surface area contributed by atoms with Gasteiger partial charge in [0.15, 0.2) is 5.78 Å². The molecule has 39 heavy (non-hydrogen) atoms. The number of para-hydroxylation sites is 1. The summed E-state index contributed by atoms with van der Waals surface area (Å²) in [7, 11) is 0. The van der Waals surface area contributed by atoms with Gasteiger partial charge in [0, 0.05) is 11.1 Å². The molecule has 4 aromatic rings. The second-order valence-corrected chi connectivity index (χ2v) is 8.84. The number of esters is 1. The van der Waals surface area contributed by atoms with Crippen molar-refractivity contribution < 1.29 is 33.8 Å². The number of carbonyl (C=O) groups excluding carboxylic acids is 4. The van der Waals surface area contributed by atoms with Crippen molar-refractivity contribution in [1.29, 1.82) is 0 Å². The van der Waals surface area contributed by atoms with Crippen molar-refractivity contribution in [2.75, 3.05) is 5.32 Å². The van der Waals surface area contributed by atoms with E-state index in [2.05, 4.69) is 5.32 Å². The molecule has 0 aromatic heterocycles. The third-order valence-electron chi connectivity index (χ3n) is 6.50. The molecule has 0 saturated carbocycles. The number of nitrogens with one attached hydrogen (secondary N) is 1. The number of benzene rings is 4. The number of rotatable bonds is 8. The number of anilines is 1. The highest BCUT2D eigenvalue weighted by atomic mass is 16.5. The first kappa shape index (κ1) is 25.3. The average Bonchev–Trinajstić information content (AvgIpc) is 3.29. The highest BCUT2D eigenvalue weighted by Crippen LogP contribution is 2.39. The van der Waals surface area contributed by atoms with E-state index in [1.165, 1.54) is 30.3 Å². The molecular weight excluding hydrogens is 498 g/mol. The maximum Gasteiger partial charge on any atom is 0.339 e. The van der Waals surface area contributed by atoms with Crippen molar-refractivity contribution in [3.8, 4) is 11.1 Å². The molecule has 8 heteroatoms. The fraction of sp³-hybridized carbons (Fsp3) is 0.0645. The Hall–Kier alpha value is -5.37. The molecule has 0 spiro atoms. The topological polar surface area (TPSA) is 127 Å². The van der Waals surface area contributed by atoms with Gasteiger partial charge in [-0.25, -0.2) is 9.59 Å². The molecule has 0 unspecified atom stereocenters. The SMILES string of the molecule is O=C(Nc1ccccc1C(=O)O)C(=O)[C@@H](C(=O)c1ccccc1-c1ccccc1)[C@@H]1OC(=O)c2ccccc21. The number of ketones is 2. The van der Waals surface area contributed by atoms with Crippen LogP contribution in [0, 0.1) is 5.92 Å². The van der Waals surface area contributed by atoms with Gasteiger partial charge in [0.2, 0.25) is 5.78 Å². The lowest BCUT2D eigenvalue weighted by atomic mass is 9.82. The molecule has 192 valence electrons. The Kier molecular flexibility index (Phi) is 6.84. The molecule has 1 amide bonds. The molecule has 0 aliphatic carbocycles. The lowest BCUT2D eigenvalue weighted by Gasteiger charge is -2.22. The molecule has 8 nitrogen and oxygen atoms in total. The van der Waals surface area contributed by atoms with Crippen LogP contribution in [0.1, 0.15) is 42.7 Å². The van der Waals surface area contributed by atoms with Crippen molar-refractivity contribution in [2.24, 2.45) is 5.92 Å². The van der Waals surface area contributed by atoms with Gasteiger partial charge < -0.3 is 15.2 Å². The Morgan fingerprint density at radius 1 is 0.718 bits per heavy atom. The van der Waals surface area contributed by atoms with E-state index in [0.717, 1.165) is 5.56 Å². The summed E-state index contributed by atoms with van der Waals surface area (Å²) in [6.45, 7) is 0. The number of aromatic carboxylic acids is 1. The number of carbonyl (C=O) groups is 5. The summed E-state index contributed by atoms with van der Waals surface area (Å²) < 4.78 is 5.51. The number of fused-ring (bicyclic) bond motifs is 1. The van der Waals surface area contributed by atoms with E-state index >= 15 is 0 Å². The zero-order valence-corrected chi connectivity index (χ0v) is 20.4. The summed E-state index contributed by atoms with van der Waals surface area (Å²) in [6, 6.07) is 27.7. The lowest BCUT2D eigenvalue weighted by Crippen LogP contribution is -2.38. The molecule has 2 N–H and O–H groups in total. The molecule has 0 saturated heterocycles. The summed E-state index contributed by atoms with van der Waals surface area (Å²) in [4.78, 5) is 65.3. The molecular formula is C31H21NO7. The first-order chi connectivity index (χ1) is 18.9. The van der Waals surface area contributed by atoms with Crippen LogP contribution >= 0.6 is 0 Å². The van der Waals surface area contributed by atoms with Crippen LogP contribution in [-0.2, 0) is 14.3 Å². The van der Waals surface area contributed by atoms with Gasteiger partial charge in [-0.2, -0.15) is 0 Å². The first-order valence-corrected chi connectivity index (χ1v) is 12.0.